The van der Waals surface area contributed by atoms with Gasteiger partial charge in [-0.2, -0.15) is 0 Å². The number of hydrogen-bond donors (Lipinski definition) is 1. The first-order valence-electron chi connectivity index (χ1n) is 3.92. The summed E-state index contributed by atoms with van der Waals surface area (Å²) >= 11 is 13.1. The lowest BCUT2D eigenvalue weighted by molar-refractivity contribution is -0.118. The minimum absolute atomic E-state index is 0.0361. The second-order valence-electron chi connectivity index (χ2n) is 2.54. The molecule has 0 radical (unpaired) electrons. The number of rotatable bonds is 3. The summed E-state index contributed by atoms with van der Waals surface area (Å²) in [6, 6.07) is 5.18. The van der Waals surface area contributed by atoms with Gasteiger partial charge < -0.3 is 5.32 Å². The molecule has 1 rings (SSSR count). The summed E-state index contributed by atoms with van der Waals surface area (Å²) in [4.78, 5) is 11.8. The zero-order valence-electron chi connectivity index (χ0n) is 7.51. The van der Waals surface area contributed by atoms with Crippen LogP contribution < -0.4 is 5.32 Å². The SMILES string of the molecule is CNC(=O)CSc1cc(Cl)ccc1Cl. The zero-order chi connectivity index (χ0) is 10.6. The molecule has 1 aromatic rings. The molecular weight excluding hydrogens is 241 g/mol. The average molecular weight is 250 g/mol. The Morgan fingerprint density at radius 3 is 2.86 bits per heavy atom. The summed E-state index contributed by atoms with van der Waals surface area (Å²) < 4.78 is 0. The van der Waals surface area contributed by atoms with Crippen molar-refractivity contribution in [2.24, 2.45) is 0 Å². The van der Waals surface area contributed by atoms with Crippen LogP contribution in [0.25, 0.3) is 0 Å². The second kappa shape index (κ2) is 5.49. The largest absolute Gasteiger partial charge is 0.358 e. The van der Waals surface area contributed by atoms with Crippen molar-refractivity contribution in [1.82, 2.24) is 5.32 Å². The van der Waals surface area contributed by atoms with Gasteiger partial charge in [0.2, 0.25) is 5.91 Å². The molecule has 0 aromatic heterocycles. The maximum Gasteiger partial charge on any atom is 0.230 e. The maximum atomic E-state index is 11.0. The third-order valence-electron chi connectivity index (χ3n) is 1.53. The van der Waals surface area contributed by atoms with Gasteiger partial charge in [0, 0.05) is 17.0 Å². The molecule has 0 heterocycles. The van der Waals surface area contributed by atoms with Crippen LogP contribution in [-0.4, -0.2) is 18.7 Å². The molecule has 0 saturated heterocycles. The Kier molecular flexibility index (Phi) is 4.58. The van der Waals surface area contributed by atoms with Crippen molar-refractivity contribution in [3.63, 3.8) is 0 Å². The van der Waals surface area contributed by atoms with Gasteiger partial charge in [-0.15, -0.1) is 11.8 Å². The van der Waals surface area contributed by atoms with E-state index >= 15 is 0 Å². The summed E-state index contributed by atoms with van der Waals surface area (Å²) in [5, 5.41) is 3.77. The smallest absolute Gasteiger partial charge is 0.230 e. The fourth-order valence-corrected chi connectivity index (χ4v) is 2.17. The third kappa shape index (κ3) is 3.40. The van der Waals surface area contributed by atoms with E-state index in [1.54, 1.807) is 25.2 Å². The van der Waals surface area contributed by atoms with E-state index in [0.29, 0.717) is 15.8 Å². The van der Waals surface area contributed by atoms with Crippen LogP contribution in [0.1, 0.15) is 0 Å². The van der Waals surface area contributed by atoms with Crippen LogP contribution in [0.5, 0.6) is 0 Å². The van der Waals surface area contributed by atoms with Gasteiger partial charge in [-0.3, -0.25) is 4.79 Å². The van der Waals surface area contributed by atoms with Crippen molar-refractivity contribution < 1.29 is 4.79 Å². The summed E-state index contributed by atoms with van der Waals surface area (Å²) in [7, 11) is 1.60. The predicted molar refractivity (Wildman–Crippen MR) is 61.3 cm³/mol. The highest BCUT2D eigenvalue weighted by molar-refractivity contribution is 8.00. The van der Waals surface area contributed by atoms with E-state index in [4.69, 9.17) is 23.2 Å². The van der Waals surface area contributed by atoms with Crippen LogP contribution >= 0.6 is 35.0 Å². The van der Waals surface area contributed by atoms with E-state index < -0.39 is 0 Å². The standard InChI is InChI=1S/C9H9Cl2NOS/c1-12-9(13)5-14-8-4-6(10)2-3-7(8)11/h2-4H,5H2,1H3,(H,12,13). The Balaban J connectivity index is 2.66. The van der Waals surface area contributed by atoms with Gasteiger partial charge in [-0.25, -0.2) is 0 Å². The van der Waals surface area contributed by atoms with Gasteiger partial charge in [0.1, 0.15) is 0 Å². The number of halogens is 2. The van der Waals surface area contributed by atoms with Crippen molar-refractivity contribution in [3.8, 4) is 0 Å². The first-order chi connectivity index (χ1) is 6.63. The van der Waals surface area contributed by atoms with E-state index in [2.05, 4.69) is 5.32 Å². The maximum absolute atomic E-state index is 11.0. The highest BCUT2D eigenvalue weighted by Gasteiger charge is 2.04. The first-order valence-corrected chi connectivity index (χ1v) is 5.66. The molecule has 0 aliphatic carbocycles. The lowest BCUT2D eigenvalue weighted by Gasteiger charge is -2.03. The quantitative estimate of drug-likeness (QED) is 0.836. The number of hydrogen-bond acceptors (Lipinski definition) is 2. The molecule has 0 fully saturated rings. The second-order valence-corrected chi connectivity index (χ2v) is 4.40. The van der Waals surface area contributed by atoms with Crippen molar-refractivity contribution in [1.29, 1.82) is 0 Å². The minimum atomic E-state index is -0.0361. The number of benzene rings is 1. The summed E-state index contributed by atoms with van der Waals surface area (Å²) in [6.45, 7) is 0. The van der Waals surface area contributed by atoms with Crippen molar-refractivity contribution in [3.05, 3.63) is 28.2 Å². The predicted octanol–water partition coefficient (Wildman–Crippen LogP) is 2.83. The molecule has 14 heavy (non-hydrogen) atoms. The van der Waals surface area contributed by atoms with E-state index in [1.165, 1.54) is 11.8 Å². The molecule has 1 aromatic carbocycles. The van der Waals surface area contributed by atoms with E-state index in [0.717, 1.165) is 4.90 Å². The molecule has 0 spiro atoms. The summed E-state index contributed by atoms with van der Waals surface area (Å²) in [5.74, 6) is 0.308. The molecule has 0 aliphatic heterocycles. The fraction of sp³-hybridized carbons (Fsp3) is 0.222. The molecule has 5 heteroatoms. The molecule has 2 nitrogen and oxygen atoms in total. The van der Waals surface area contributed by atoms with Crippen LogP contribution in [0.3, 0.4) is 0 Å². The molecule has 0 atom stereocenters. The number of nitrogens with one attached hydrogen (secondary N) is 1. The van der Waals surface area contributed by atoms with Crippen LogP contribution in [0.15, 0.2) is 23.1 Å². The average Bonchev–Trinajstić information content (AvgIpc) is 2.19. The van der Waals surface area contributed by atoms with E-state index in [1.807, 2.05) is 0 Å². The summed E-state index contributed by atoms with van der Waals surface area (Å²) in [6.07, 6.45) is 0. The lowest BCUT2D eigenvalue weighted by Crippen LogP contribution is -2.19. The Bertz CT molecular complexity index is 344. The Morgan fingerprint density at radius 1 is 1.50 bits per heavy atom. The normalized spacial score (nSPS) is 9.93. The van der Waals surface area contributed by atoms with Gasteiger partial charge in [0.15, 0.2) is 0 Å². The molecule has 1 amide bonds. The number of amides is 1. The van der Waals surface area contributed by atoms with Crippen LogP contribution in [0.4, 0.5) is 0 Å². The van der Waals surface area contributed by atoms with Crippen molar-refractivity contribution in [2.75, 3.05) is 12.8 Å². The molecule has 1 N–H and O–H groups in total. The van der Waals surface area contributed by atoms with E-state index in [9.17, 15) is 4.79 Å². The van der Waals surface area contributed by atoms with Gasteiger partial charge in [0.25, 0.3) is 0 Å². The Hall–Kier alpha value is -0.380. The number of carbonyl (C=O) groups is 1. The van der Waals surface area contributed by atoms with Crippen molar-refractivity contribution >= 4 is 40.9 Å². The highest BCUT2D eigenvalue weighted by atomic mass is 35.5. The third-order valence-corrected chi connectivity index (χ3v) is 3.26. The highest BCUT2D eigenvalue weighted by Crippen LogP contribution is 2.29. The molecule has 76 valence electrons. The first kappa shape index (κ1) is 11.7. The van der Waals surface area contributed by atoms with Gasteiger partial charge >= 0.3 is 0 Å². The molecule has 0 aliphatic rings. The van der Waals surface area contributed by atoms with Gasteiger partial charge in [0.05, 0.1) is 10.8 Å². The topological polar surface area (TPSA) is 29.1 Å². The Labute approximate surface area is 97.0 Å². The van der Waals surface area contributed by atoms with Crippen molar-refractivity contribution in [2.45, 2.75) is 4.90 Å². The molecule has 0 saturated carbocycles. The fourth-order valence-electron chi connectivity index (χ4n) is 0.803. The van der Waals surface area contributed by atoms with Crippen LogP contribution in [0.2, 0.25) is 10.0 Å². The van der Waals surface area contributed by atoms with Crippen LogP contribution in [0, 0.1) is 0 Å². The molecular formula is C9H9Cl2NOS. The number of thioether (sulfide) groups is 1. The van der Waals surface area contributed by atoms with Gasteiger partial charge in [-0.1, -0.05) is 23.2 Å². The zero-order valence-corrected chi connectivity index (χ0v) is 9.84. The minimum Gasteiger partial charge on any atom is -0.358 e. The molecule has 0 bridgehead atoms. The Morgan fingerprint density at radius 2 is 2.21 bits per heavy atom. The monoisotopic (exact) mass is 249 g/mol. The number of carbonyl (C=O) groups excluding carboxylic acids is 1. The lowest BCUT2D eigenvalue weighted by atomic mass is 10.4. The van der Waals surface area contributed by atoms with Crippen LogP contribution in [-0.2, 0) is 4.79 Å². The molecule has 0 unspecified atom stereocenters. The van der Waals surface area contributed by atoms with Gasteiger partial charge in [-0.05, 0) is 18.2 Å². The van der Waals surface area contributed by atoms with E-state index in [-0.39, 0.29) is 5.91 Å². The summed E-state index contributed by atoms with van der Waals surface area (Å²) in [5.41, 5.74) is 0.